The van der Waals surface area contributed by atoms with Crippen molar-refractivity contribution in [1.29, 1.82) is 0 Å². The third-order valence-electron chi connectivity index (χ3n) is 11.6. The molecule has 0 amide bonds. The summed E-state index contributed by atoms with van der Waals surface area (Å²) in [6, 6.07) is 83.6. The average molecular weight is 739 g/mol. The molecule has 2 heteroatoms. The lowest BCUT2D eigenvalue weighted by Gasteiger charge is -2.28. The van der Waals surface area contributed by atoms with Gasteiger partial charge in [0.15, 0.2) is 0 Å². The minimum Gasteiger partial charge on any atom is -0.310 e. The van der Waals surface area contributed by atoms with Crippen LogP contribution in [0.5, 0.6) is 0 Å². The van der Waals surface area contributed by atoms with Gasteiger partial charge >= 0.3 is 0 Å². The molecule has 0 atom stereocenters. The van der Waals surface area contributed by atoms with Crippen molar-refractivity contribution in [3.05, 3.63) is 231 Å². The second-order valence-corrected chi connectivity index (χ2v) is 14.9. The van der Waals surface area contributed by atoms with E-state index in [-0.39, 0.29) is 0 Å². The van der Waals surface area contributed by atoms with Crippen molar-refractivity contribution in [1.82, 2.24) is 4.57 Å². The van der Waals surface area contributed by atoms with E-state index in [1.54, 1.807) is 0 Å². The third kappa shape index (κ3) is 5.74. The first-order chi connectivity index (χ1) is 28.8. The number of hydrogen-bond donors (Lipinski definition) is 0. The molecule has 10 aromatic carbocycles. The van der Waals surface area contributed by atoms with E-state index in [9.17, 15) is 0 Å². The summed E-state index contributed by atoms with van der Waals surface area (Å²) in [4.78, 5) is 2.39. The molecule has 272 valence electrons. The lowest BCUT2D eigenvalue weighted by atomic mass is 9.97. The van der Waals surface area contributed by atoms with Crippen LogP contribution in [0, 0.1) is 0 Å². The normalized spacial score (nSPS) is 11.4. The Balaban J connectivity index is 1.02. The van der Waals surface area contributed by atoms with Crippen LogP contribution >= 0.6 is 0 Å². The number of fused-ring (bicyclic) bond motifs is 6. The molecule has 11 rings (SSSR count). The monoisotopic (exact) mass is 738 g/mol. The van der Waals surface area contributed by atoms with Gasteiger partial charge in [0.2, 0.25) is 0 Å². The van der Waals surface area contributed by atoms with Crippen molar-refractivity contribution in [3.63, 3.8) is 0 Å². The van der Waals surface area contributed by atoms with Gasteiger partial charge in [-0.15, -0.1) is 0 Å². The molecule has 0 radical (unpaired) electrons. The van der Waals surface area contributed by atoms with Crippen LogP contribution in [-0.4, -0.2) is 4.57 Å². The molecule has 11 aromatic rings. The Hall–Kier alpha value is -7.68. The highest BCUT2D eigenvalue weighted by atomic mass is 15.1. The topological polar surface area (TPSA) is 8.17 Å². The van der Waals surface area contributed by atoms with Crippen molar-refractivity contribution in [2.45, 2.75) is 0 Å². The van der Waals surface area contributed by atoms with Crippen LogP contribution in [0.1, 0.15) is 0 Å². The number of benzene rings is 10. The van der Waals surface area contributed by atoms with E-state index in [1.165, 1.54) is 76.7 Å². The van der Waals surface area contributed by atoms with E-state index < -0.39 is 0 Å². The average Bonchev–Trinajstić information content (AvgIpc) is 3.65. The van der Waals surface area contributed by atoms with Crippen molar-refractivity contribution < 1.29 is 0 Å². The molecule has 2 nitrogen and oxygen atoms in total. The number of hydrogen-bond acceptors (Lipinski definition) is 1. The van der Waals surface area contributed by atoms with Crippen molar-refractivity contribution >= 4 is 60.4 Å². The Morgan fingerprint density at radius 3 is 1.66 bits per heavy atom. The van der Waals surface area contributed by atoms with Gasteiger partial charge in [-0.3, -0.25) is 0 Å². The summed E-state index contributed by atoms with van der Waals surface area (Å²) in [6.07, 6.45) is 0. The molecule has 0 fully saturated rings. The van der Waals surface area contributed by atoms with Crippen LogP contribution in [0.2, 0.25) is 0 Å². The van der Waals surface area contributed by atoms with E-state index in [1.807, 2.05) is 0 Å². The van der Waals surface area contributed by atoms with Crippen LogP contribution in [0.15, 0.2) is 231 Å². The Labute approximate surface area is 338 Å². The Bertz CT molecular complexity index is 3260. The first-order valence-corrected chi connectivity index (χ1v) is 19.9. The van der Waals surface area contributed by atoms with E-state index in [2.05, 4.69) is 240 Å². The van der Waals surface area contributed by atoms with Gasteiger partial charge in [0.05, 0.1) is 16.7 Å². The minimum absolute atomic E-state index is 1.09. The summed E-state index contributed by atoms with van der Waals surface area (Å²) in [5.74, 6) is 0. The zero-order chi connectivity index (χ0) is 38.4. The van der Waals surface area contributed by atoms with Crippen molar-refractivity contribution in [2.75, 3.05) is 4.90 Å². The predicted octanol–water partition coefficient (Wildman–Crippen LogP) is 15.6. The largest absolute Gasteiger partial charge is 0.310 e. The Morgan fingerprint density at radius 1 is 0.310 bits per heavy atom. The summed E-state index contributed by atoms with van der Waals surface area (Å²) in [7, 11) is 0. The van der Waals surface area contributed by atoms with E-state index in [0.29, 0.717) is 0 Å². The minimum atomic E-state index is 1.09. The molecule has 0 N–H and O–H groups in total. The lowest BCUT2D eigenvalue weighted by molar-refractivity contribution is 1.19. The van der Waals surface area contributed by atoms with E-state index >= 15 is 0 Å². The van der Waals surface area contributed by atoms with E-state index in [0.717, 1.165) is 22.7 Å². The predicted molar refractivity (Wildman–Crippen MR) is 247 cm³/mol. The van der Waals surface area contributed by atoms with Crippen LogP contribution in [0.4, 0.5) is 17.1 Å². The molecule has 58 heavy (non-hydrogen) atoms. The van der Waals surface area contributed by atoms with Crippen LogP contribution in [0.3, 0.4) is 0 Å². The van der Waals surface area contributed by atoms with Gasteiger partial charge in [0.25, 0.3) is 0 Å². The summed E-state index contributed by atoms with van der Waals surface area (Å²) in [5.41, 5.74) is 14.0. The first-order valence-electron chi connectivity index (χ1n) is 19.9. The second-order valence-electron chi connectivity index (χ2n) is 14.9. The molecular weight excluding hydrogens is 701 g/mol. The molecule has 0 aliphatic carbocycles. The van der Waals surface area contributed by atoms with Gasteiger partial charge in [-0.1, -0.05) is 182 Å². The summed E-state index contributed by atoms with van der Waals surface area (Å²) >= 11 is 0. The Morgan fingerprint density at radius 2 is 0.862 bits per heavy atom. The quantitative estimate of drug-likeness (QED) is 0.158. The lowest BCUT2D eigenvalue weighted by Crippen LogP contribution is -2.11. The van der Waals surface area contributed by atoms with Gasteiger partial charge < -0.3 is 9.47 Å². The highest BCUT2D eigenvalue weighted by Gasteiger charge is 2.19. The number of para-hydroxylation sites is 2. The van der Waals surface area contributed by atoms with Crippen LogP contribution in [0.25, 0.3) is 82.4 Å². The molecule has 0 saturated carbocycles. The molecule has 0 spiro atoms. The summed E-state index contributed by atoms with van der Waals surface area (Å²) < 4.78 is 2.44. The zero-order valence-corrected chi connectivity index (χ0v) is 31.8. The molecule has 0 bridgehead atoms. The SMILES string of the molecule is c1ccc(-c2ccccc2N(c2ccc(-c3cccc(-n4c5ccccc5c5ccc6ccccc6c54)c3)cc2)c2ccc(-c3cccc4ccccc34)cc2)cc1. The number of aromatic nitrogens is 1. The van der Waals surface area contributed by atoms with Crippen molar-refractivity contribution in [3.8, 4) is 39.1 Å². The number of nitrogens with zero attached hydrogens (tertiary/aromatic N) is 2. The molecular formula is C56H38N2. The zero-order valence-electron chi connectivity index (χ0n) is 31.8. The fourth-order valence-electron chi connectivity index (χ4n) is 8.85. The fraction of sp³-hybridized carbons (Fsp3) is 0. The maximum absolute atomic E-state index is 2.44. The Kier molecular flexibility index (Phi) is 8.19. The van der Waals surface area contributed by atoms with Crippen molar-refractivity contribution in [2.24, 2.45) is 0 Å². The fourth-order valence-corrected chi connectivity index (χ4v) is 8.85. The maximum atomic E-state index is 2.44. The standard InChI is InChI=1S/C56H38N2/c1-2-14-41(15-3-1)50-22-8-10-26-54(50)57(46-35-30-43(31-36-46)49-25-13-18-40-16-4-6-21-48(40)49)45-33-28-39(29-34-45)44-19-12-20-47(38-44)58-55-27-11-9-24-52(55)53-37-32-42-17-5-7-23-51(42)56(53)58/h1-38H. The molecule has 1 heterocycles. The molecule has 0 saturated heterocycles. The molecule has 0 unspecified atom stereocenters. The second kappa shape index (κ2) is 14.1. The van der Waals surface area contributed by atoms with Crippen LogP contribution in [-0.2, 0) is 0 Å². The van der Waals surface area contributed by atoms with E-state index in [4.69, 9.17) is 0 Å². The number of anilines is 3. The molecule has 1 aromatic heterocycles. The van der Waals surface area contributed by atoms with Gasteiger partial charge in [0.1, 0.15) is 0 Å². The van der Waals surface area contributed by atoms with Gasteiger partial charge in [0, 0.05) is 38.8 Å². The highest BCUT2D eigenvalue weighted by Crippen LogP contribution is 2.43. The molecule has 0 aliphatic heterocycles. The highest BCUT2D eigenvalue weighted by molar-refractivity contribution is 6.18. The smallest absolute Gasteiger partial charge is 0.0619 e. The van der Waals surface area contributed by atoms with Crippen LogP contribution < -0.4 is 4.90 Å². The van der Waals surface area contributed by atoms with Gasteiger partial charge in [-0.2, -0.15) is 0 Å². The first kappa shape index (κ1) is 33.6. The number of rotatable bonds is 7. The van der Waals surface area contributed by atoms with Gasteiger partial charge in [-0.05, 0) is 92.5 Å². The molecule has 0 aliphatic rings. The third-order valence-corrected chi connectivity index (χ3v) is 11.6. The maximum Gasteiger partial charge on any atom is 0.0619 e. The summed E-state index contributed by atoms with van der Waals surface area (Å²) in [5, 5.41) is 7.54. The summed E-state index contributed by atoms with van der Waals surface area (Å²) in [6.45, 7) is 0. The van der Waals surface area contributed by atoms with Gasteiger partial charge in [-0.25, -0.2) is 0 Å².